The average molecular weight is 904 g/mol. The van der Waals surface area contributed by atoms with Gasteiger partial charge >= 0.3 is 0 Å². The van der Waals surface area contributed by atoms with E-state index in [1.165, 1.54) is 140 Å². The highest BCUT2D eigenvalue weighted by molar-refractivity contribution is 7.26. The summed E-state index contributed by atoms with van der Waals surface area (Å²) < 4.78 is 10.6. The van der Waals surface area contributed by atoms with Gasteiger partial charge in [0.25, 0.3) is 0 Å². The summed E-state index contributed by atoms with van der Waals surface area (Å²) >= 11 is 5.75. The monoisotopic (exact) mass is 903 g/mol. The van der Waals surface area contributed by atoms with Crippen LogP contribution in [-0.2, 0) is 16.2 Å². The lowest BCUT2D eigenvalue weighted by molar-refractivity contribution is 0.332. The van der Waals surface area contributed by atoms with E-state index in [1.54, 1.807) is 0 Å². The fraction of sp³-hybridized carbons (Fsp3) is 0.200. The van der Waals surface area contributed by atoms with E-state index in [4.69, 9.17) is 0 Å². The molecule has 5 heterocycles. The largest absolute Gasteiger partial charge is 0.355 e. The van der Waals surface area contributed by atoms with Gasteiger partial charge in [0.05, 0.1) is 5.52 Å². The fourth-order valence-electron chi connectivity index (χ4n) is 11.6. The second-order valence-electron chi connectivity index (χ2n) is 21.5. The first-order valence-corrected chi connectivity index (χ1v) is 25.9. The molecule has 0 fully saturated rings. The molecule has 0 saturated carbocycles. The summed E-state index contributed by atoms with van der Waals surface area (Å²) in [5.41, 5.74) is 15.8. The summed E-state index contributed by atoms with van der Waals surface area (Å²) in [6.45, 7) is 16.6. The van der Waals surface area contributed by atoms with Gasteiger partial charge in [0.15, 0.2) is 7.28 Å². The maximum absolute atomic E-state index is 4.01. The normalized spacial score (nSPS) is 15.4. The van der Waals surface area contributed by atoms with Crippen molar-refractivity contribution in [1.29, 1.82) is 0 Å². The van der Waals surface area contributed by atoms with Crippen LogP contribution in [0.25, 0.3) is 99.1 Å². The van der Waals surface area contributed by atoms with Crippen molar-refractivity contribution in [3.8, 4) is 16.8 Å². The first-order valence-electron chi connectivity index (χ1n) is 23.4. The van der Waals surface area contributed by atoms with Gasteiger partial charge in [0, 0.05) is 94.0 Å². The number of rotatable bonds is 3. The second-order valence-corrected chi connectivity index (χ2v) is 24.7. The highest BCUT2D eigenvalue weighted by Gasteiger charge is 2.38. The van der Waals surface area contributed by atoms with Crippen LogP contribution >= 0.6 is 34.0 Å². The van der Waals surface area contributed by atoms with Gasteiger partial charge < -0.3 is 9.88 Å². The molecule has 0 unspecified atom stereocenters. The van der Waals surface area contributed by atoms with E-state index >= 15 is 0 Å². The van der Waals surface area contributed by atoms with E-state index in [1.807, 2.05) is 34.0 Å². The van der Waals surface area contributed by atoms with Crippen molar-refractivity contribution in [3.05, 3.63) is 150 Å². The highest BCUT2D eigenvalue weighted by atomic mass is 32.1. The van der Waals surface area contributed by atoms with Gasteiger partial charge in [-0.05, 0) is 129 Å². The number of aromatic nitrogens is 1. The molecule has 1 aliphatic heterocycles. The molecule has 1 N–H and O–H groups in total. The number of anilines is 2. The van der Waals surface area contributed by atoms with Gasteiger partial charge in [0.1, 0.15) is 0 Å². The third kappa shape index (κ3) is 5.59. The molecule has 14 rings (SSSR count). The molecule has 0 saturated heterocycles. The van der Waals surface area contributed by atoms with E-state index in [2.05, 4.69) is 199 Å². The van der Waals surface area contributed by atoms with Gasteiger partial charge in [-0.1, -0.05) is 121 Å². The summed E-state index contributed by atoms with van der Waals surface area (Å²) in [5, 5.41) is 14.6. The van der Waals surface area contributed by atoms with Crippen LogP contribution in [0.5, 0.6) is 0 Å². The van der Waals surface area contributed by atoms with E-state index in [-0.39, 0.29) is 16.2 Å². The molecule has 66 heavy (non-hydrogen) atoms. The molecule has 8 aromatic carbocycles. The van der Waals surface area contributed by atoms with Crippen molar-refractivity contribution in [2.24, 2.45) is 0 Å². The third-order valence-electron chi connectivity index (χ3n) is 15.4. The first-order chi connectivity index (χ1) is 31.8. The molecule has 0 atom stereocenters. The highest BCUT2D eigenvalue weighted by Crippen LogP contribution is 2.51. The quantitative estimate of drug-likeness (QED) is 0.175. The van der Waals surface area contributed by atoms with Crippen LogP contribution in [0.2, 0.25) is 0 Å². The van der Waals surface area contributed by atoms with Gasteiger partial charge in [-0.3, -0.25) is 0 Å². The Bertz CT molecular complexity index is 4090. The molecule has 2 aliphatic rings. The summed E-state index contributed by atoms with van der Waals surface area (Å²) in [5.74, 6) is 0. The number of fused-ring (bicyclic) bond motifs is 15. The van der Waals surface area contributed by atoms with Gasteiger partial charge in [0.2, 0.25) is 0 Å². The van der Waals surface area contributed by atoms with Crippen molar-refractivity contribution in [3.63, 3.8) is 0 Å². The minimum atomic E-state index is 0.0771. The molecule has 0 amide bonds. The SMILES string of the molecule is CC(C)(C)c1ccc(Nc2cc3sc4cc5c(cc4c3cc2-c2ccc3c4cc6c(cc4n4c3c2[B]c2cc3c(cc2-4)sc2ccccc23)sc2ccccc26)C(C)(C)CCC5(C)C)cc1. The molecule has 319 valence electrons. The molecule has 1 radical (unpaired) electrons. The van der Waals surface area contributed by atoms with Crippen molar-refractivity contribution in [2.75, 3.05) is 5.32 Å². The Morgan fingerprint density at radius 2 is 1.11 bits per heavy atom. The minimum absolute atomic E-state index is 0.0771. The van der Waals surface area contributed by atoms with Crippen LogP contribution in [0.3, 0.4) is 0 Å². The number of nitrogens with one attached hydrogen (secondary N) is 1. The van der Waals surface area contributed by atoms with Crippen LogP contribution in [0.4, 0.5) is 11.4 Å². The smallest absolute Gasteiger partial charge is 0.197 e. The van der Waals surface area contributed by atoms with Crippen molar-refractivity contribution < 1.29 is 0 Å². The third-order valence-corrected chi connectivity index (χ3v) is 18.8. The van der Waals surface area contributed by atoms with Crippen LogP contribution in [-0.4, -0.2) is 11.8 Å². The molecule has 1 aliphatic carbocycles. The zero-order valence-corrected chi connectivity index (χ0v) is 40.8. The molecular formula is C60H48BN2S3. The lowest BCUT2D eigenvalue weighted by Gasteiger charge is -2.41. The average Bonchev–Trinajstić information content (AvgIpc) is 4.05. The fourth-order valence-corrected chi connectivity index (χ4v) is 15.0. The van der Waals surface area contributed by atoms with E-state index in [0.29, 0.717) is 0 Å². The molecule has 4 aromatic heterocycles. The number of thiophene rings is 3. The number of nitrogens with zero attached hydrogens (tertiary/aromatic N) is 1. The molecule has 2 nitrogen and oxygen atoms in total. The van der Waals surface area contributed by atoms with Crippen LogP contribution in [0, 0.1) is 0 Å². The lowest BCUT2D eigenvalue weighted by atomic mass is 9.59. The van der Waals surface area contributed by atoms with Crippen LogP contribution in [0.1, 0.15) is 78.0 Å². The van der Waals surface area contributed by atoms with Gasteiger partial charge in [-0.2, -0.15) is 0 Å². The van der Waals surface area contributed by atoms with E-state index in [9.17, 15) is 0 Å². The Morgan fingerprint density at radius 3 is 1.82 bits per heavy atom. The topological polar surface area (TPSA) is 17.0 Å². The molecule has 0 bridgehead atoms. The lowest BCUT2D eigenvalue weighted by Crippen LogP contribution is -2.37. The Kier molecular flexibility index (Phi) is 7.96. The summed E-state index contributed by atoms with van der Waals surface area (Å²) in [6, 6.07) is 51.7. The molecular weight excluding hydrogens is 856 g/mol. The standard InChI is InChI=1S/C60H48BN2S3/c1-58(2,3)32-16-18-33(19-17-32)62-47-29-53-41(42-26-44-45(28-52(42)66-53)60(6,7)23-22-59(44,4)5)24-38(47)36-20-21-37-39-25-40-34-12-8-10-14-50(34)64-54(40)30-48(39)63-49-31-55-43(27-46(49)61-56(36)57(37)63)35-13-9-11-15-51(35)65-55/h8-21,24-31,62H,22-23H2,1-7H3. The molecule has 0 spiro atoms. The molecule has 12 aromatic rings. The van der Waals surface area contributed by atoms with E-state index < -0.39 is 0 Å². The van der Waals surface area contributed by atoms with Crippen molar-refractivity contribution >= 4 is 146 Å². The predicted molar refractivity (Wildman–Crippen MR) is 294 cm³/mol. The summed E-state index contributed by atoms with van der Waals surface area (Å²) in [6.07, 6.45) is 2.41. The zero-order chi connectivity index (χ0) is 44.6. The number of hydrogen-bond donors (Lipinski definition) is 1. The van der Waals surface area contributed by atoms with E-state index in [0.717, 1.165) is 11.4 Å². The Hall–Kier alpha value is -5.92. The first kappa shape index (κ1) is 39.3. The predicted octanol–water partition coefficient (Wildman–Crippen LogP) is 16.9. The zero-order valence-electron chi connectivity index (χ0n) is 38.4. The summed E-state index contributed by atoms with van der Waals surface area (Å²) in [7, 11) is 2.51. The Balaban J connectivity index is 1.07. The summed E-state index contributed by atoms with van der Waals surface area (Å²) in [4.78, 5) is 0. The van der Waals surface area contributed by atoms with Crippen molar-refractivity contribution in [1.82, 2.24) is 4.57 Å². The van der Waals surface area contributed by atoms with Crippen LogP contribution < -0.4 is 16.2 Å². The minimum Gasteiger partial charge on any atom is -0.355 e. The number of hydrogen-bond acceptors (Lipinski definition) is 4. The Labute approximate surface area is 397 Å². The van der Waals surface area contributed by atoms with Gasteiger partial charge in [-0.25, -0.2) is 0 Å². The Morgan fingerprint density at radius 1 is 0.515 bits per heavy atom. The van der Waals surface area contributed by atoms with Crippen molar-refractivity contribution in [2.45, 2.75) is 77.6 Å². The molecule has 6 heteroatoms. The van der Waals surface area contributed by atoms with Gasteiger partial charge in [-0.15, -0.1) is 34.0 Å². The number of benzene rings is 8. The maximum atomic E-state index is 4.01. The second kappa shape index (κ2) is 13.4. The van der Waals surface area contributed by atoms with Crippen LogP contribution in [0.15, 0.2) is 133 Å². The maximum Gasteiger partial charge on any atom is 0.197 e.